The average molecular weight is 258 g/mol. The zero-order valence-electron chi connectivity index (χ0n) is 9.40. The molecule has 1 aromatic rings. The van der Waals surface area contributed by atoms with Crippen molar-refractivity contribution in [3.63, 3.8) is 0 Å². The molecule has 1 rings (SSSR count). The highest BCUT2D eigenvalue weighted by Crippen LogP contribution is 2.16. The molecular formula is C12H16ClNO3. The van der Waals surface area contributed by atoms with Crippen molar-refractivity contribution in [2.24, 2.45) is 0 Å². The summed E-state index contributed by atoms with van der Waals surface area (Å²) in [4.78, 5) is 11.4. The highest BCUT2D eigenvalue weighted by atomic mass is 35.5. The molecule has 5 heteroatoms. The number of benzene rings is 1. The van der Waals surface area contributed by atoms with Gasteiger partial charge in [-0.15, -0.1) is 0 Å². The fourth-order valence-corrected chi connectivity index (χ4v) is 1.56. The second-order valence-electron chi connectivity index (χ2n) is 3.73. The van der Waals surface area contributed by atoms with Gasteiger partial charge in [0.1, 0.15) is 0 Å². The SMILES string of the molecule is O=C(CCc1ccccc1Cl)NCC(O)CO. The molecule has 3 N–H and O–H groups in total. The zero-order chi connectivity index (χ0) is 12.7. The van der Waals surface area contributed by atoms with Gasteiger partial charge in [0.2, 0.25) is 5.91 Å². The third-order valence-electron chi connectivity index (χ3n) is 2.32. The van der Waals surface area contributed by atoms with Gasteiger partial charge in [0.25, 0.3) is 0 Å². The Morgan fingerprint density at radius 2 is 2.12 bits per heavy atom. The Labute approximate surface area is 105 Å². The van der Waals surface area contributed by atoms with Gasteiger partial charge < -0.3 is 15.5 Å². The third-order valence-corrected chi connectivity index (χ3v) is 2.69. The van der Waals surface area contributed by atoms with Gasteiger partial charge in [-0.1, -0.05) is 29.8 Å². The van der Waals surface area contributed by atoms with Crippen LogP contribution in [0.5, 0.6) is 0 Å². The minimum absolute atomic E-state index is 0.0673. The van der Waals surface area contributed by atoms with Crippen molar-refractivity contribution in [3.8, 4) is 0 Å². The molecule has 1 amide bonds. The van der Waals surface area contributed by atoms with Gasteiger partial charge in [-0.25, -0.2) is 0 Å². The number of nitrogens with one attached hydrogen (secondary N) is 1. The number of hydrogen-bond donors (Lipinski definition) is 3. The molecule has 0 aliphatic heterocycles. The van der Waals surface area contributed by atoms with Crippen LogP contribution in [0.25, 0.3) is 0 Å². The Morgan fingerprint density at radius 1 is 1.41 bits per heavy atom. The van der Waals surface area contributed by atoms with E-state index in [1.54, 1.807) is 6.07 Å². The van der Waals surface area contributed by atoms with E-state index in [2.05, 4.69) is 5.32 Å². The molecule has 1 atom stereocenters. The number of aliphatic hydroxyl groups excluding tert-OH is 2. The van der Waals surface area contributed by atoms with Crippen molar-refractivity contribution in [3.05, 3.63) is 34.9 Å². The van der Waals surface area contributed by atoms with E-state index >= 15 is 0 Å². The smallest absolute Gasteiger partial charge is 0.220 e. The number of aliphatic hydroxyl groups is 2. The van der Waals surface area contributed by atoms with Gasteiger partial charge in [0.05, 0.1) is 12.7 Å². The fourth-order valence-electron chi connectivity index (χ4n) is 1.33. The predicted octanol–water partition coefficient (Wildman–Crippen LogP) is 0.742. The van der Waals surface area contributed by atoms with E-state index in [1.807, 2.05) is 18.2 Å². The minimum Gasteiger partial charge on any atom is -0.394 e. The summed E-state index contributed by atoms with van der Waals surface area (Å²) in [5, 5.41) is 20.8. The number of carbonyl (C=O) groups is 1. The molecule has 0 aliphatic rings. The molecule has 0 radical (unpaired) electrons. The van der Waals surface area contributed by atoms with E-state index in [1.165, 1.54) is 0 Å². The van der Waals surface area contributed by atoms with Crippen molar-refractivity contribution in [1.82, 2.24) is 5.32 Å². The Bertz CT molecular complexity index is 371. The molecule has 0 bridgehead atoms. The number of rotatable bonds is 6. The first-order chi connectivity index (χ1) is 8.13. The Balaban J connectivity index is 2.31. The lowest BCUT2D eigenvalue weighted by Gasteiger charge is -2.09. The molecule has 4 nitrogen and oxygen atoms in total. The predicted molar refractivity (Wildman–Crippen MR) is 65.9 cm³/mol. The summed E-state index contributed by atoms with van der Waals surface area (Å²) < 4.78 is 0. The number of amides is 1. The number of carbonyl (C=O) groups excluding carboxylic acids is 1. The van der Waals surface area contributed by atoms with Crippen molar-refractivity contribution >= 4 is 17.5 Å². The molecule has 0 saturated carbocycles. The molecule has 0 saturated heterocycles. The average Bonchev–Trinajstić information content (AvgIpc) is 2.35. The largest absolute Gasteiger partial charge is 0.394 e. The summed E-state index contributed by atoms with van der Waals surface area (Å²) in [6.45, 7) is -0.289. The Morgan fingerprint density at radius 3 is 2.76 bits per heavy atom. The molecule has 0 spiro atoms. The lowest BCUT2D eigenvalue weighted by molar-refractivity contribution is -0.121. The summed E-state index contributed by atoms with van der Waals surface area (Å²) in [6.07, 6.45) is -0.0398. The van der Waals surface area contributed by atoms with Crippen molar-refractivity contribution < 1.29 is 15.0 Å². The first-order valence-electron chi connectivity index (χ1n) is 5.42. The third kappa shape index (κ3) is 5.17. The maximum absolute atomic E-state index is 11.4. The second-order valence-corrected chi connectivity index (χ2v) is 4.14. The first kappa shape index (κ1) is 14.0. The monoisotopic (exact) mass is 257 g/mol. The minimum atomic E-state index is -0.903. The van der Waals surface area contributed by atoms with Crippen LogP contribution in [0.2, 0.25) is 5.02 Å². The van der Waals surface area contributed by atoms with E-state index in [0.717, 1.165) is 5.56 Å². The van der Waals surface area contributed by atoms with Gasteiger partial charge >= 0.3 is 0 Å². The van der Waals surface area contributed by atoms with Crippen molar-refractivity contribution in [1.29, 1.82) is 0 Å². The van der Waals surface area contributed by atoms with Crippen molar-refractivity contribution in [2.45, 2.75) is 18.9 Å². The molecular weight excluding hydrogens is 242 g/mol. The lowest BCUT2D eigenvalue weighted by Crippen LogP contribution is -2.33. The van der Waals surface area contributed by atoms with Gasteiger partial charge in [-0.05, 0) is 18.1 Å². The molecule has 1 unspecified atom stereocenters. The van der Waals surface area contributed by atoms with E-state index < -0.39 is 6.10 Å². The number of hydrogen-bond acceptors (Lipinski definition) is 3. The molecule has 0 fully saturated rings. The van der Waals surface area contributed by atoms with Crippen LogP contribution in [-0.4, -0.2) is 35.4 Å². The van der Waals surface area contributed by atoms with Crippen LogP contribution in [0.3, 0.4) is 0 Å². The van der Waals surface area contributed by atoms with Crippen molar-refractivity contribution in [2.75, 3.05) is 13.2 Å². The highest BCUT2D eigenvalue weighted by Gasteiger charge is 2.07. The summed E-state index contributed by atoms with van der Waals surface area (Å²) in [5.74, 6) is -0.169. The second kappa shape index (κ2) is 7.27. The zero-order valence-corrected chi connectivity index (χ0v) is 10.2. The summed E-state index contributed by atoms with van der Waals surface area (Å²) in [6, 6.07) is 7.36. The Kier molecular flexibility index (Phi) is 5.97. The summed E-state index contributed by atoms with van der Waals surface area (Å²) >= 11 is 5.95. The molecule has 0 heterocycles. The standard InChI is InChI=1S/C12H16ClNO3/c13-11-4-2-1-3-9(11)5-6-12(17)14-7-10(16)8-15/h1-4,10,15-16H,5-8H2,(H,14,17). The van der Waals surface area contributed by atoms with Gasteiger partial charge in [0, 0.05) is 18.0 Å². The normalized spacial score (nSPS) is 12.2. The van der Waals surface area contributed by atoms with Crippen LogP contribution in [0.4, 0.5) is 0 Å². The molecule has 0 aromatic heterocycles. The lowest BCUT2D eigenvalue weighted by atomic mass is 10.1. The maximum atomic E-state index is 11.4. The van der Waals surface area contributed by atoms with E-state index in [4.69, 9.17) is 21.8 Å². The van der Waals surface area contributed by atoms with Crippen LogP contribution in [0.1, 0.15) is 12.0 Å². The maximum Gasteiger partial charge on any atom is 0.220 e. The summed E-state index contributed by atoms with van der Waals surface area (Å²) in [5.41, 5.74) is 0.923. The number of aryl methyl sites for hydroxylation is 1. The van der Waals surface area contributed by atoms with Gasteiger partial charge in [-0.3, -0.25) is 4.79 Å². The summed E-state index contributed by atoms with van der Waals surface area (Å²) in [7, 11) is 0. The molecule has 0 aliphatic carbocycles. The molecule has 94 valence electrons. The van der Waals surface area contributed by atoms with Crippen LogP contribution >= 0.6 is 11.6 Å². The van der Waals surface area contributed by atoms with Gasteiger partial charge in [-0.2, -0.15) is 0 Å². The van der Waals surface area contributed by atoms with Crippen LogP contribution in [0.15, 0.2) is 24.3 Å². The molecule has 1 aromatic carbocycles. The molecule has 17 heavy (non-hydrogen) atoms. The fraction of sp³-hybridized carbons (Fsp3) is 0.417. The van der Waals surface area contributed by atoms with E-state index in [9.17, 15) is 4.79 Å². The number of halogens is 1. The van der Waals surface area contributed by atoms with Crippen LogP contribution in [-0.2, 0) is 11.2 Å². The topological polar surface area (TPSA) is 69.6 Å². The van der Waals surface area contributed by atoms with Crippen LogP contribution in [0, 0.1) is 0 Å². The van der Waals surface area contributed by atoms with Crippen LogP contribution < -0.4 is 5.32 Å². The highest BCUT2D eigenvalue weighted by molar-refractivity contribution is 6.31. The first-order valence-corrected chi connectivity index (χ1v) is 5.80. The van der Waals surface area contributed by atoms with E-state index in [0.29, 0.717) is 17.9 Å². The van der Waals surface area contributed by atoms with E-state index in [-0.39, 0.29) is 19.1 Å². The quantitative estimate of drug-likeness (QED) is 0.704. The Hall–Kier alpha value is -1.10. The van der Waals surface area contributed by atoms with Gasteiger partial charge in [0.15, 0.2) is 0 Å².